The number of fused-ring (bicyclic) bond motifs is 2. The maximum atomic E-state index is 12.8. The molecule has 2 aliphatic heterocycles. The number of carbonyl (C=O) groups excluding carboxylic acids is 1. The van der Waals surface area contributed by atoms with Gasteiger partial charge in [0.1, 0.15) is 6.61 Å². The molecule has 0 spiro atoms. The molecule has 0 N–H and O–H groups in total. The van der Waals surface area contributed by atoms with E-state index in [0.29, 0.717) is 6.61 Å². The summed E-state index contributed by atoms with van der Waals surface area (Å²) in [6.45, 7) is 2.46. The van der Waals surface area contributed by atoms with Crippen molar-refractivity contribution in [2.75, 3.05) is 0 Å². The second kappa shape index (κ2) is 7.36. The SMILES string of the molecule is Cc1cccc(C2=CC3CCCC(C2)N3C(=O)OCc2ccccc2)c1. The Labute approximate surface area is 155 Å². The van der Waals surface area contributed by atoms with E-state index in [-0.39, 0.29) is 18.2 Å². The number of nitrogens with zero attached hydrogens (tertiary/aromatic N) is 1. The fraction of sp³-hybridized carbons (Fsp3) is 0.348. The van der Waals surface area contributed by atoms with Crippen LogP contribution in [0.15, 0.2) is 60.7 Å². The van der Waals surface area contributed by atoms with E-state index in [1.54, 1.807) is 0 Å². The van der Waals surface area contributed by atoms with Crippen LogP contribution in [0.4, 0.5) is 4.79 Å². The largest absolute Gasteiger partial charge is 0.445 e. The monoisotopic (exact) mass is 347 g/mol. The van der Waals surface area contributed by atoms with E-state index in [4.69, 9.17) is 4.74 Å². The molecule has 0 radical (unpaired) electrons. The van der Waals surface area contributed by atoms with Gasteiger partial charge in [-0.2, -0.15) is 0 Å². The third-order valence-corrected chi connectivity index (χ3v) is 5.44. The predicted octanol–water partition coefficient (Wildman–Crippen LogP) is 5.34. The first-order valence-corrected chi connectivity index (χ1v) is 9.47. The summed E-state index contributed by atoms with van der Waals surface area (Å²) in [6, 6.07) is 18.9. The summed E-state index contributed by atoms with van der Waals surface area (Å²) in [5.74, 6) is 0. The lowest BCUT2D eigenvalue weighted by Crippen LogP contribution is -2.51. The van der Waals surface area contributed by atoms with Crippen LogP contribution in [-0.2, 0) is 11.3 Å². The normalized spacial score (nSPS) is 21.9. The first kappa shape index (κ1) is 16.9. The zero-order chi connectivity index (χ0) is 17.9. The van der Waals surface area contributed by atoms with Crippen molar-refractivity contribution in [2.24, 2.45) is 0 Å². The van der Waals surface area contributed by atoms with Crippen LogP contribution in [-0.4, -0.2) is 23.1 Å². The highest BCUT2D eigenvalue weighted by molar-refractivity contribution is 5.74. The van der Waals surface area contributed by atoms with Gasteiger partial charge < -0.3 is 4.74 Å². The van der Waals surface area contributed by atoms with Gasteiger partial charge in [0.25, 0.3) is 0 Å². The highest BCUT2D eigenvalue weighted by Crippen LogP contribution is 2.37. The number of ether oxygens (including phenoxy) is 1. The van der Waals surface area contributed by atoms with Gasteiger partial charge in [-0.3, -0.25) is 4.90 Å². The Hall–Kier alpha value is -2.55. The van der Waals surface area contributed by atoms with Gasteiger partial charge in [0.15, 0.2) is 0 Å². The van der Waals surface area contributed by atoms with E-state index < -0.39 is 0 Å². The number of carbonyl (C=O) groups is 1. The molecule has 1 saturated heterocycles. The summed E-state index contributed by atoms with van der Waals surface area (Å²) >= 11 is 0. The molecule has 1 fully saturated rings. The molecule has 2 aromatic rings. The van der Waals surface area contributed by atoms with Crippen molar-refractivity contribution in [3.05, 3.63) is 77.4 Å². The number of amides is 1. The Balaban J connectivity index is 1.50. The van der Waals surface area contributed by atoms with Crippen LogP contribution >= 0.6 is 0 Å². The second-order valence-corrected chi connectivity index (χ2v) is 7.37. The van der Waals surface area contributed by atoms with Crippen LogP contribution in [0, 0.1) is 6.92 Å². The first-order chi connectivity index (χ1) is 12.7. The summed E-state index contributed by atoms with van der Waals surface area (Å²) in [6.07, 6.45) is 6.28. The molecule has 0 aromatic heterocycles. The maximum Gasteiger partial charge on any atom is 0.410 e. The maximum absolute atomic E-state index is 12.8. The van der Waals surface area contributed by atoms with Crippen LogP contribution in [0.1, 0.15) is 42.4 Å². The van der Waals surface area contributed by atoms with Gasteiger partial charge >= 0.3 is 6.09 Å². The fourth-order valence-corrected chi connectivity index (χ4v) is 4.17. The minimum absolute atomic E-state index is 0.154. The molecule has 2 aromatic carbocycles. The molecule has 0 aliphatic carbocycles. The second-order valence-electron chi connectivity index (χ2n) is 7.37. The van der Waals surface area contributed by atoms with Gasteiger partial charge in [-0.25, -0.2) is 4.79 Å². The number of hydrogen-bond acceptors (Lipinski definition) is 2. The number of hydrogen-bond donors (Lipinski definition) is 0. The molecule has 2 heterocycles. The first-order valence-electron chi connectivity index (χ1n) is 9.47. The molecule has 4 rings (SSSR count). The minimum atomic E-state index is -0.178. The quantitative estimate of drug-likeness (QED) is 0.750. The van der Waals surface area contributed by atoms with Crippen molar-refractivity contribution >= 4 is 11.7 Å². The predicted molar refractivity (Wildman–Crippen MR) is 104 cm³/mol. The van der Waals surface area contributed by atoms with Crippen molar-refractivity contribution in [1.29, 1.82) is 0 Å². The lowest BCUT2D eigenvalue weighted by Gasteiger charge is -2.44. The van der Waals surface area contributed by atoms with Crippen molar-refractivity contribution in [3.8, 4) is 0 Å². The third-order valence-electron chi connectivity index (χ3n) is 5.44. The average Bonchev–Trinajstić information content (AvgIpc) is 2.66. The topological polar surface area (TPSA) is 29.5 Å². The summed E-state index contributed by atoms with van der Waals surface area (Å²) in [4.78, 5) is 14.7. The van der Waals surface area contributed by atoms with Gasteiger partial charge in [-0.05, 0) is 49.3 Å². The lowest BCUT2D eigenvalue weighted by molar-refractivity contribution is 0.0510. The molecule has 0 saturated carbocycles. The molecule has 134 valence electrons. The van der Waals surface area contributed by atoms with E-state index in [9.17, 15) is 4.79 Å². The van der Waals surface area contributed by atoms with E-state index in [1.807, 2.05) is 35.2 Å². The zero-order valence-electron chi connectivity index (χ0n) is 15.2. The number of benzene rings is 2. The van der Waals surface area contributed by atoms with E-state index in [2.05, 4.69) is 37.3 Å². The summed E-state index contributed by atoms with van der Waals surface area (Å²) in [7, 11) is 0. The molecule has 2 unspecified atom stereocenters. The number of piperidine rings is 1. The van der Waals surface area contributed by atoms with Crippen LogP contribution in [0.25, 0.3) is 5.57 Å². The van der Waals surface area contributed by atoms with Gasteiger partial charge in [-0.15, -0.1) is 0 Å². The van der Waals surface area contributed by atoms with Crippen molar-refractivity contribution in [1.82, 2.24) is 4.90 Å². The van der Waals surface area contributed by atoms with E-state index in [0.717, 1.165) is 24.8 Å². The third kappa shape index (κ3) is 3.52. The zero-order valence-corrected chi connectivity index (χ0v) is 15.2. The average molecular weight is 347 g/mol. The van der Waals surface area contributed by atoms with Gasteiger partial charge in [0.05, 0.1) is 6.04 Å². The van der Waals surface area contributed by atoms with Crippen molar-refractivity contribution < 1.29 is 9.53 Å². The molecule has 3 nitrogen and oxygen atoms in total. The molecule has 2 aliphatic rings. The lowest BCUT2D eigenvalue weighted by atomic mass is 9.83. The minimum Gasteiger partial charge on any atom is -0.445 e. The van der Waals surface area contributed by atoms with Crippen LogP contribution in [0.3, 0.4) is 0 Å². The van der Waals surface area contributed by atoms with Gasteiger partial charge in [-0.1, -0.05) is 66.2 Å². The van der Waals surface area contributed by atoms with Crippen LogP contribution < -0.4 is 0 Å². The Morgan fingerprint density at radius 3 is 2.73 bits per heavy atom. The van der Waals surface area contributed by atoms with Crippen LogP contribution in [0.2, 0.25) is 0 Å². The number of rotatable bonds is 3. The molecule has 3 heteroatoms. The fourth-order valence-electron chi connectivity index (χ4n) is 4.17. The molecule has 2 atom stereocenters. The molecular weight excluding hydrogens is 322 g/mol. The summed E-state index contributed by atoms with van der Waals surface area (Å²) in [5, 5.41) is 0. The summed E-state index contributed by atoms with van der Waals surface area (Å²) in [5.41, 5.74) is 4.96. The highest BCUT2D eigenvalue weighted by Gasteiger charge is 2.38. The van der Waals surface area contributed by atoms with E-state index in [1.165, 1.54) is 23.1 Å². The highest BCUT2D eigenvalue weighted by atomic mass is 16.6. The Kier molecular flexibility index (Phi) is 4.79. The Bertz CT molecular complexity index is 812. The molecule has 1 amide bonds. The van der Waals surface area contributed by atoms with Crippen molar-refractivity contribution in [3.63, 3.8) is 0 Å². The smallest absolute Gasteiger partial charge is 0.410 e. The van der Waals surface area contributed by atoms with Gasteiger partial charge in [0, 0.05) is 6.04 Å². The Morgan fingerprint density at radius 2 is 1.96 bits per heavy atom. The molecular formula is C23H25NO2. The van der Waals surface area contributed by atoms with E-state index >= 15 is 0 Å². The number of aryl methyl sites for hydroxylation is 1. The summed E-state index contributed by atoms with van der Waals surface area (Å²) < 4.78 is 5.62. The van der Waals surface area contributed by atoms with Gasteiger partial charge in [0.2, 0.25) is 0 Å². The Morgan fingerprint density at radius 1 is 1.12 bits per heavy atom. The standard InChI is InChI=1S/C23H25NO2/c1-17-7-5-10-19(13-17)20-14-21-11-6-12-22(15-20)24(21)23(25)26-16-18-8-3-2-4-9-18/h2-5,7-10,13-14,21-22H,6,11-12,15-16H2,1H3. The molecule has 26 heavy (non-hydrogen) atoms. The van der Waals surface area contributed by atoms with Crippen molar-refractivity contribution in [2.45, 2.75) is 51.3 Å². The van der Waals surface area contributed by atoms with Crippen LogP contribution in [0.5, 0.6) is 0 Å². The molecule has 2 bridgehead atoms.